The normalized spacial score (nSPS) is 14.9. The second kappa shape index (κ2) is 9.48. The predicted octanol–water partition coefficient (Wildman–Crippen LogP) is 3.53. The Hall–Kier alpha value is -1.44. The molecule has 0 bridgehead atoms. The van der Waals surface area contributed by atoms with Crippen LogP contribution in [0.2, 0.25) is 0 Å². The minimum atomic E-state index is -0.0885. The number of aromatic nitrogens is 3. The van der Waals surface area contributed by atoms with Crippen molar-refractivity contribution in [2.75, 3.05) is 18.4 Å². The first-order valence-electron chi connectivity index (χ1n) is 9.16. The number of rotatable bonds is 6. The second-order valence-electron chi connectivity index (χ2n) is 6.56. The van der Waals surface area contributed by atoms with Crippen molar-refractivity contribution < 1.29 is 4.79 Å². The van der Waals surface area contributed by atoms with E-state index in [2.05, 4.69) is 34.6 Å². The lowest BCUT2D eigenvalue weighted by Crippen LogP contribution is -2.27. The summed E-state index contributed by atoms with van der Waals surface area (Å²) in [6.45, 7) is 6.30. The maximum Gasteiger partial charge on any atom is 0.268 e. The van der Waals surface area contributed by atoms with Crippen LogP contribution in [0.3, 0.4) is 0 Å². The minimum absolute atomic E-state index is 0. The van der Waals surface area contributed by atoms with Crippen LogP contribution >= 0.6 is 23.7 Å². The minimum Gasteiger partial charge on any atom is -0.317 e. The zero-order valence-electron chi connectivity index (χ0n) is 15.7. The average molecular weight is 398 g/mol. The van der Waals surface area contributed by atoms with Crippen LogP contribution in [0.1, 0.15) is 65.0 Å². The largest absolute Gasteiger partial charge is 0.317 e. The summed E-state index contributed by atoms with van der Waals surface area (Å²) in [5, 5.41) is 10.8. The third kappa shape index (κ3) is 4.64. The Bertz CT molecular complexity index is 736. The maximum absolute atomic E-state index is 12.6. The first kappa shape index (κ1) is 20.9. The maximum atomic E-state index is 12.6. The number of amides is 1. The second-order valence-corrected chi connectivity index (χ2v) is 7.69. The van der Waals surface area contributed by atoms with Gasteiger partial charge in [-0.25, -0.2) is 4.68 Å². The van der Waals surface area contributed by atoms with Gasteiger partial charge in [-0.3, -0.25) is 10.1 Å². The third-order valence-corrected chi connectivity index (χ3v) is 5.92. The van der Waals surface area contributed by atoms with E-state index in [-0.39, 0.29) is 18.3 Å². The van der Waals surface area contributed by atoms with E-state index in [1.165, 1.54) is 10.4 Å². The summed E-state index contributed by atoms with van der Waals surface area (Å²) >= 11 is 1.60. The third-order valence-electron chi connectivity index (χ3n) is 4.69. The first-order chi connectivity index (χ1) is 12.1. The number of aryl methyl sites for hydroxylation is 3. The molecule has 0 aromatic carbocycles. The van der Waals surface area contributed by atoms with Crippen LogP contribution in [0.5, 0.6) is 0 Å². The van der Waals surface area contributed by atoms with E-state index >= 15 is 0 Å². The molecule has 1 saturated heterocycles. The summed E-state index contributed by atoms with van der Waals surface area (Å²) in [6, 6.07) is 2.02. The van der Waals surface area contributed by atoms with E-state index in [4.69, 9.17) is 0 Å². The number of halogens is 1. The number of piperidine rings is 1. The predicted molar refractivity (Wildman–Crippen MR) is 109 cm³/mol. The summed E-state index contributed by atoms with van der Waals surface area (Å²) in [5.41, 5.74) is 1.28. The summed E-state index contributed by atoms with van der Waals surface area (Å²) in [5.74, 6) is 1.66. The Balaban J connectivity index is 0.00000243. The molecule has 26 heavy (non-hydrogen) atoms. The van der Waals surface area contributed by atoms with E-state index in [0.29, 0.717) is 11.9 Å². The first-order valence-corrected chi connectivity index (χ1v) is 9.98. The average Bonchev–Trinajstić information content (AvgIpc) is 3.20. The fourth-order valence-corrected chi connectivity index (χ4v) is 4.50. The highest BCUT2D eigenvalue weighted by Crippen LogP contribution is 2.26. The van der Waals surface area contributed by atoms with Gasteiger partial charge in [-0.05, 0) is 50.4 Å². The number of carbonyl (C=O) groups excluding carboxylic acids is 1. The molecular weight excluding hydrogens is 370 g/mol. The van der Waals surface area contributed by atoms with Crippen molar-refractivity contribution >= 4 is 35.6 Å². The number of carbonyl (C=O) groups is 1. The van der Waals surface area contributed by atoms with Crippen molar-refractivity contribution in [2.45, 2.75) is 51.9 Å². The molecule has 0 aliphatic carbocycles. The van der Waals surface area contributed by atoms with Crippen molar-refractivity contribution in [3.05, 3.63) is 27.2 Å². The van der Waals surface area contributed by atoms with Gasteiger partial charge < -0.3 is 5.32 Å². The van der Waals surface area contributed by atoms with Crippen LogP contribution in [-0.4, -0.2) is 33.8 Å². The van der Waals surface area contributed by atoms with Crippen molar-refractivity contribution in [1.29, 1.82) is 0 Å². The van der Waals surface area contributed by atoms with Gasteiger partial charge in [0, 0.05) is 17.8 Å². The van der Waals surface area contributed by atoms with E-state index < -0.39 is 0 Å². The Labute approximate surface area is 165 Å². The highest BCUT2D eigenvalue weighted by molar-refractivity contribution is 7.14. The molecular formula is C18H28ClN5OS. The Morgan fingerprint density at radius 2 is 2.12 bits per heavy atom. The van der Waals surface area contributed by atoms with E-state index in [1.54, 1.807) is 16.0 Å². The molecule has 2 aromatic heterocycles. The molecule has 2 N–H and O–H groups in total. The van der Waals surface area contributed by atoms with Gasteiger partial charge in [0.2, 0.25) is 5.95 Å². The number of nitrogens with zero attached hydrogens (tertiary/aromatic N) is 3. The lowest BCUT2D eigenvalue weighted by Gasteiger charge is -2.19. The molecule has 0 radical (unpaired) electrons. The summed E-state index contributed by atoms with van der Waals surface area (Å²) in [7, 11) is 1.83. The SMILES string of the molecule is CCCc1sc(C(=O)Nc2nc(C3CCNCC3)nn2C)cc1CC.Cl. The van der Waals surface area contributed by atoms with E-state index in [0.717, 1.165) is 55.9 Å². The topological polar surface area (TPSA) is 71.8 Å². The van der Waals surface area contributed by atoms with Gasteiger partial charge in [0.1, 0.15) is 0 Å². The lowest BCUT2D eigenvalue weighted by atomic mass is 9.98. The van der Waals surface area contributed by atoms with E-state index in [1.807, 2.05) is 13.1 Å². The van der Waals surface area contributed by atoms with Gasteiger partial charge in [0.25, 0.3) is 5.91 Å². The van der Waals surface area contributed by atoms with Gasteiger partial charge in [-0.15, -0.1) is 23.7 Å². The van der Waals surface area contributed by atoms with Gasteiger partial charge >= 0.3 is 0 Å². The molecule has 8 heteroatoms. The van der Waals surface area contributed by atoms with Gasteiger partial charge in [0.15, 0.2) is 5.82 Å². The van der Waals surface area contributed by atoms with Crippen LogP contribution in [0.25, 0.3) is 0 Å². The molecule has 0 saturated carbocycles. The van der Waals surface area contributed by atoms with E-state index in [9.17, 15) is 4.79 Å². The number of hydrogen-bond acceptors (Lipinski definition) is 5. The zero-order valence-corrected chi connectivity index (χ0v) is 17.3. The number of hydrogen-bond donors (Lipinski definition) is 2. The fraction of sp³-hybridized carbons (Fsp3) is 0.611. The van der Waals surface area contributed by atoms with Crippen LogP contribution in [0, 0.1) is 0 Å². The smallest absolute Gasteiger partial charge is 0.268 e. The summed E-state index contributed by atoms with van der Waals surface area (Å²) in [6.07, 6.45) is 5.18. The molecule has 144 valence electrons. The van der Waals surface area contributed by atoms with Crippen molar-refractivity contribution in [1.82, 2.24) is 20.1 Å². The number of nitrogens with one attached hydrogen (secondary N) is 2. The molecule has 6 nitrogen and oxygen atoms in total. The molecule has 0 unspecified atom stereocenters. The fourth-order valence-electron chi connectivity index (χ4n) is 3.25. The van der Waals surface area contributed by atoms with Crippen molar-refractivity contribution in [2.24, 2.45) is 7.05 Å². The van der Waals surface area contributed by atoms with Crippen LogP contribution < -0.4 is 10.6 Å². The molecule has 0 atom stereocenters. The van der Waals surface area contributed by atoms with Crippen LogP contribution in [-0.2, 0) is 19.9 Å². The number of thiophene rings is 1. The Kier molecular flexibility index (Phi) is 7.61. The van der Waals surface area contributed by atoms with Crippen molar-refractivity contribution in [3.63, 3.8) is 0 Å². The molecule has 1 aliphatic rings. The summed E-state index contributed by atoms with van der Waals surface area (Å²) < 4.78 is 1.68. The van der Waals surface area contributed by atoms with Gasteiger partial charge in [0.05, 0.1) is 4.88 Å². The zero-order chi connectivity index (χ0) is 17.8. The standard InChI is InChI=1S/C18H27N5OS.ClH/c1-4-6-14-12(5-2)11-15(25-14)17(24)21-18-20-16(22-23(18)3)13-7-9-19-10-8-13;/h11,13,19H,4-10H2,1-3H3,(H,20,21,22,24);1H. The monoisotopic (exact) mass is 397 g/mol. The van der Waals surface area contributed by atoms with Gasteiger partial charge in [-0.2, -0.15) is 10.1 Å². The number of anilines is 1. The lowest BCUT2D eigenvalue weighted by molar-refractivity contribution is 0.102. The molecule has 3 heterocycles. The molecule has 1 aliphatic heterocycles. The molecule has 3 rings (SSSR count). The Morgan fingerprint density at radius 3 is 2.77 bits per heavy atom. The summed E-state index contributed by atoms with van der Waals surface area (Å²) in [4.78, 5) is 19.3. The molecule has 0 spiro atoms. The van der Waals surface area contributed by atoms with Crippen molar-refractivity contribution in [3.8, 4) is 0 Å². The molecule has 2 aromatic rings. The quantitative estimate of drug-likeness (QED) is 0.782. The molecule has 1 fully saturated rings. The Morgan fingerprint density at radius 1 is 1.38 bits per heavy atom. The van der Waals surface area contributed by atoms with Crippen LogP contribution in [0.15, 0.2) is 6.07 Å². The highest BCUT2D eigenvalue weighted by atomic mass is 35.5. The molecule has 1 amide bonds. The van der Waals surface area contributed by atoms with Gasteiger partial charge in [-0.1, -0.05) is 20.3 Å². The van der Waals surface area contributed by atoms with Crippen LogP contribution in [0.4, 0.5) is 5.95 Å². The highest BCUT2D eigenvalue weighted by Gasteiger charge is 2.22.